The number of nitrogens with one attached hydrogen (secondary N) is 1. The number of hydrogen-bond acceptors (Lipinski definition) is 1. The van der Waals surface area contributed by atoms with Gasteiger partial charge in [0.15, 0.2) is 0 Å². The summed E-state index contributed by atoms with van der Waals surface area (Å²) in [5.74, 6) is 0.722. The van der Waals surface area contributed by atoms with E-state index >= 15 is 0 Å². The molecular formula is C18H19BrClN. The molecule has 1 unspecified atom stereocenters. The van der Waals surface area contributed by atoms with Crippen LogP contribution in [-0.4, -0.2) is 7.05 Å². The van der Waals surface area contributed by atoms with Gasteiger partial charge in [0.2, 0.25) is 0 Å². The topological polar surface area (TPSA) is 12.0 Å². The van der Waals surface area contributed by atoms with Crippen molar-refractivity contribution in [3.63, 3.8) is 0 Å². The fraction of sp³-hybridized carbons (Fsp3) is 0.333. The maximum absolute atomic E-state index is 6.22. The largest absolute Gasteiger partial charge is 0.309 e. The minimum atomic E-state index is 0.178. The second-order valence-corrected chi connectivity index (χ2v) is 7.03. The molecule has 0 spiro atoms. The molecule has 0 saturated heterocycles. The van der Waals surface area contributed by atoms with Crippen molar-refractivity contribution in [3.8, 4) is 0 Å². The van der Waals surface area contributed by atoms with Crippen LogP contribution in [-0.2, 0) is 0 Å². The Hall–Kier alpha value is -0.830. The molecule has 2 aromatic carbocycles. The lowest BCUT2D eigenvalue weighted by Crippen LogP contribution is -2.21. The Kier molecular flexibility index (Phi) is 4.68. The average molecular weight is 365 g/mol. The second-order valence-electron chi connectivity index (χ2n) is 5.68. The Morgan fingerprint density at radius 3 is 2.57 bits per heavy atom. The first-order valence-electron chi connectivity index (χ1n) is 7.41. The molecule has 3 heteroatoms. The van der Waals surface area contributed by atoms with Gasteiger partial charge in [-0.05, 0) is 60.7 Å². The first-order valence-corrected chi connectivity index (χ1v) is 8.58. The standard InChI is InChI=1S/C18H19BrClN/c1-21-18(13-9-14(19)11-15(20)10-13)17-8-3-2-7-16(17)12-5-4-6-12/h2-3,7-12,18,21H,4-6H2,1H3. The summed E-state index contributed by atoms with van der Waals surface area (Å²) in [7, 11) is 2.01. The van der Waals surface area contributed by atoms with E-state index in [4.69, 9.17) is 11.6 Å². The molecule has 0 radical (unpaired) electrons. The highest BCUT2D eigenvalue weighted by Gasteiger charge is 2.25. The van der Waals surface area contributed by atoms with Crippen LogP contribution in [0.15, 0.2) is 46.9 Å². The highest BCUT2D eigenvalue weighted by atomic mass is 79.9. The van der Waals surface area contributed by atoms with Gasteiger partial charge in [0.25, 0.3) is 0 Å². The number of halogens is 2. The number of benzene rings is 2. The molecule has 21 heavy (non-hydrogen) atoms. The fourth-order valence-corrected chi connectivity index (χ4v) is 3.99. The van der Waals surface area contributed by atoms with Crippen LogP contribution in [0.5, 0.6) is 0 Å². The van der Waals surface area contributed by atoms with Crippen LogP contribution in [0, 0.1) is 0 Å². The van der Waals surface area contributed by atoms with Crippen molar-refractivity contribution in [2.45, 2.75) is 31.2 Å². The molecule has 3 rings (SSSR count). The second kappa shape index (κ2) is 6.51. The van der Waals surface area contributed by atoms with Crippen molar-refractivity contribution in [2.24, 2.45) is 0 Å². The van der Waals surface area contributed by atoms with Crippen LogP contribution in [0.2, 0.25) is 5.02 Å². The summed E-state index contributed by atoms with van der Waals surface area (Å²) in [6, 6.07) is 15.1. The van der Waals surface area contributed by atoms with E-state index in [-0.39, 0.29) is 6.04 Å². The molecule has 1 aliphatic carbocycles. The van der Waals surface area contributed by atoms with Crippen molar-refractivity contribution >= 4 is 27.5 Å². The third-order valence-electron chi connectivity index (χ3n) is 4.36. The van der Waals surface area contributed by atoms with E-state index in [0.717, 1.165) is 15.4 Å². The van der Waals surface area contributed by atoms with Crippen LogP contribution in [0.3, 0.4) is 0 Å². The molecule has 0 aromatic heterocycles. The minimum absolute atomic E-state index is 0.178. The molecule has 0 heterocycles. The number of rotatable bonds is 4. The lowest BCUT2D eigenvalue weighted by atomic mass is 9.76. The van der Waals surface area contributed by atoms with Crippen molar-refractivity contribution < 1.29 is 0 Å². The number of hydrogen-bond donors (Lipinski definition) is 1. The molecule has 1 N–H and O–H groups in total. The summed E-state index contributed by atoms with van der Waals surface area (Å²) in [5.41, 5.74) is 4.06. The maximum atomic E-state index is 6.22. The third-order valence-corrected chi connectivity index (χ3v) is 5.03. The molecule has 0 aliphatic heterocycles. The molecule has 1 nitrogen and oxygen atoms in total. The van der Waals surface area contributed by atoms with Crippen molar-refractivity contribution in [1.82, 2.24) is 5.32 Å². The van der Waals surface area contributed by atoms with E-state index in [0.29, 0.717) is 0 Å². The molecular weight excluding hydrogens is 346 g/mol. The molecule has 1 aliphatic rings. The zero-order chi connectivity index (χ0) is 14.8. The molecule has 0 amide bonds. The first-order chi connectivity index (χ1) is 10.2. The molecule has 0 bridgehead atoms. The lowest BCUT2D eigenvalue weighted by Gasteiger charge is -2.30. The van der Waals surface area contributed by atoms with Crippen LogP contribution in [0.4, 0.5) is 0 Å². The van der Waals surface area contributed by atoms with Gasteiger partial charge >= 0.3 is 0 Å². The monoisotopic (exact) mass is 363 g/mol. The summed E-state index contributed by atoms with van der Waals surface area (Å²) in [5, 5.41) is 4.22. The lowest BCUT2D eigenvalue weighted by molar-refractivity contribution is 0.415. The van der Waals surface area contributed by atoms with E-state index in [1.807, 2.05) is 19.2 Å². The predicted octanol–water partition coefficient (Wildman–Crippen LogP) is 5.68. The van der Waals surface area contributed by atoms with Gasteiger partial charge in [-0.15, -0.1) is 0 Å². The van der Waals surface area contributed by atoms with Crippen molar-refractivity contribution in [1.29, 1.82) is 0 Å². The van der Waals surface area contributed by atoms with E-state index in [2.05, 4.69) is 51.6 Å². The highest BCUT2D eigenvalue weighted by Crippen LogP contribution is 2.41. The van der Waals surface area contributed by atoms with Crippen LogP contribution >= 0.6 is 27.5 Å². The maximum Gasteiger partial charge on any atom is 0.0578 e. The molecule has 1 fully saturated rings. The van der Waals surface area contributed by atoms with E-state index in [1.165, 1.54) is 36.0 Å². The quantitative estimate of drug-likeness (QED) is 0.736. The highest BCUT2D eigenvalue weighted by molar-refractivity contribution is 9.10. The summed E-state index contributed by atoms with van der Waals surface area (Å²) >= 11 is 9.76. The average Bonchev–Trinajstić information content (AvgIpc) is 2.38. The molecule has 1 saturated carbocycles. The van der Waals surface area contributed by atoms with Gasteiger partial charge in [-0.1, -0.05) is 58.2 Å². The Bertz CT molecular complexity index is 617. The first kappa shape index (κ1) is 15.1. The zero-order valence-corrected chi connectivity index (χ0v) is 14.4. The molecule has 2 aromatic rings. The van der Waals surface area contributed by atoms with Crippen molar-refractivity contribution in [2.75, 3.05) is 7.05 Å². The Balaban J connectivity index is 2.03. The summed E-state index contributed by atoms with van der Waals surface area (Å²) in [4.78, 5) is 0. The summed E-state index contributed by atoms with van der Waals surface area (Å²) in [6.07, 6.45) is 3.98. The van der Waals surface area contributed by atoms with E-state index in [1.54, 1.807) is 0 Å². The SMILES string of the molecule is CNC(c1cc(Cl)cc(Br)c1)c1ccccc1C1CCC1. The molecule has 1 atom stereocenters. The Labute approximate surface area is 139 Å². The fourth-order valence-electron chi connectivity index (χ4n) is 3.11. The zero-order valence-electron chi connectivity index (χ0n) is 12.1. The summed E-state index contributed by atoms with van der Waals surface area (Å²) < 4.78 is 1.02. The van der Waals surface area contributed by atoms with Crippen LogP contribution in [0.25, 0.3) is 0 Å². The Morgan fingerprint density at radius 2 is 1.95 bits per heavy atom. The van der Waals surface area contributed by atoms with Crippen molar-refractivity contribution in [3.05, 3.63) is 68.7 Å². The third kappa shape index (κ3) is 3.18. The van der Waals surface area contributed by atoms with Crippen LogP contribution in [0.1, 0.15) is 47.9 Å². The van der Waals surface area contributed by atoms with E-state index in [9.17, 15) is 0 Å². The minimum Gasteiger partial charge on any atom is -0.309 e. The van der Waals surface area contributed by atoms with Gasteiger partial charge in [-0.25, -0.2) is 0 Å². The van der Waals surface area contributed by atoms with Gasteiger partial charge in [0.1, 0.15) is 0 Å². The van der Waals surface area contributed by atoms with Gasteiger partial charge in [0, 0.05) is 9.50 Å². The van der Waals surface area contributed by atoms with E-state index < -0.39 is 0 Å². The molecule has 110 valence electrons. The Morgan fingerprint density at radius 1 is 1.19 bits per heavy atom. The predicted molar refractivity (Wildman–Crippen MR) is 93.1 cm³/mol. The van der Waals surface area contributed by atoms with Gasteiger partial charge in [-0.2, -0.15) is 0 Å². The summed E-state index contributed by atoms with van der Waals surface area (Å²) in [6.45, 7) is 0. The smallest absolute Gasteiger partial charge is 0.0578 e. The normalized spacial score (nSPS) is 16.5. The van der Waals surface area contributed by atoms with Crippen LogP contribution < -0.4 is 5.32 Å². The van der Waals surface area contributed by atoms with Gasteiger partial charge in [0.05, 0.1) is 6.04 Å². The van der Waals surface area contributed by atoms with Gasteiger partial charge in [-0.3, -0.25) is 0 Å². The van der Waals surface area contributed by atoms with Gasteiger partial charge < -0.3 is 5.32 Å².